The Kier molecular flexibility index (Phi) is 4.41. The summed E-state index contributed by atoms with van der Waals surface area (Å²) in [6, 6.07) is 13.5. The van der Waals surface area contributed by atoms with E-state index in [1.807, 2.05) is 19.2 Å². The van der Waals surface area contributed by atoms with Gasteiger partial charge in [-0.05, 0) is 55.1 Å². The van der Waals surface area contributed by atoms with Crippen molar-refractivity contribution >= 4 is 15.9 Å². The summed E-state index contributed by atoms with van der Waals surface area (Å²) in [5.74, 6) is 0.466. The van der Waals surface area contributed by atoms with Crippen LogP contribution in [0, 0.1) is 5.82 Å². The summed E-state index contributed by atoms with van der Waals surface area (Å²) < 4.78 is 15.2. The fourth-order valence-corrected chi connectivity index (χ4v) is 3.46. The van der Waals surface area contributed by atoms with Gasteiger partial charge in [0.2, 0.25) is 0 Å². The molecule has 3 rings (SSSR count). The molecule has 0 bridgehead atoms. The SMILES string of the molecule is CNC(c1cc(Br)ccc1F)c1ccccc1C1CCC1. The third-order valence-electron chi connectivity index (χ3n) is 4.41. The molecule has 2 aromatic rings. The van der Waals surface area contributed by atoms with Gasteiger partial charge in [0.05, 0.1) is 6.04 Å². The maximum absolute atomic E-state index is 14.3. The second-order valence-corrected chi connectivity index (χ2v) is 6.56. The molecule has 1 N–H and O–H groups in total. The zero-order chi connectivity index (χ0) is 14.8. The van der Waals surface area contributed by atoms with Crippen molar-refractivity contribution in [2.45, 2.75) is 31.2 Å². The van der Waals surface area contributed by atoms with Crippen LogP contribution in [-0.4, -0.2) is 7.05 Å². The predicted molar refractivity (Wildman–Crippen MR) is 88.0 cm³/mol. The first-order valence-electron chi connectivity index (χ1n) is 7.41. The second kappa shape index (κ2) is 6.29. The molecule has 1 aliphatic carbocycles. The van der Waals surface area contributed by atoms with Gasteiger partial charge in [-0.25, -0.2) is 4.39 Å². The normalized spacial score (nSPS) is 16.5. The van der Waals surface area contributed by atoms with E-state index in [1.54, 1.807) is 6.07 Å². The third kappa shape index (κ3) is 2.90. The van der Waals surface area contributed by atoms with Crippen molar-refractivity contribution in [3.63, 3.8) is 0 Å². The van der Waals surface area contributed by atoms with Crippen LogP contribution in [0.5, 0.6) is 0 Å². The van der Waals surface area contributed by atoms with Gasteiger partial charge in [-0.15, -0.1) is 0 Å². The second-order valence-electron chi connectivity index (χ2n) is 5.64. The van der Waals surface area contributed by atoms with Gasteiger partial charge < -0.3 is 5.32 Å². The van der Waals surface area contributed by atoms with Crippen LogP contribution in [0.4, 0.5) is 4.39 Å². The van der Waals surface area contributed by atoms with Crippen LogP contribution in [0.15, 0.2) is 46.9 Å². The molecule has 0 saturated heterocycles. The molecule has 0 amide bonds. The zero-order valence-corrected chi connectivity index (χ0v) is 13.7. The summed E-state index contributed by atoms with van der Waals surface area (Å²) in [5, 5.41) is 3.29. The Morgan fingerprint density at radius 1 is 1.14 bits per heavy atom. The molecule has 0 heterocycles. The summed E-state index contributed by atoms with van der Waals surface area (Å²) in [7, 11) is 1.89. The number of hydrogen-bond acceptors (Lipinski definition) is 1. The standard InChI is InChI=1S/C18H19BrFN/c1-21-18(16-11-13(19)9-10-17(16)20)15-8-3-2-7-14(15)12-5-4-6-12/h2-3,7-12,18,21H,4-6H2,1H3. The van der Waals surface area contributed by atoms with Gasteiger partial charge in [-0.3, -0.25) is 0 Å². The van der Waals surface area contributed by atoms with E-state index in [0.29, 0.717) is 11.5 Å². The summed E-state index contributed by atoms with van der Waals surface area (Å²) in [4.78, 5) is 0. The summed E-state index contributed by atoms with van der Waals surface area (Å²) in [6.45, 7) is 0. The molecule has 0 spiro atoms. The monoisotopic (exact) mass is 347 g/mol. The number of halogens is 2. The first-order chi connectivity index (χ1) is 10.2. The molecule has 1 fully saturated rings. The number of nitrogens with one attached hydrogen (secondary N) is 1. The summed E-state index contributed by atoms with van der Waals surface area (Å²) in [5.41, 5.74) is 3.25. The van der Waals surface area contributed by atoms with Crippen molar-refractivity contribution in [2.75, 3.05) is 7.05 Å². The van der Waals surface area contributed by atoms with E-state index in [2.05, 4.69) is 39.4 Å². The lowest BCUT2D eigenvalue weighted by atomic mass is 9.76. The van der Waals surface area contributed by atoms with Crippen molar-refractivity contribution in [2.24, 2.45) is 0 Å². The van der Waals surface area contributed by atoms with Crippen molar-refractivity contribution in [1.82, 2.24) is 5.32 Å². The van der Waals surface area contributed by atoms with E-state index in [4.69, 9.17) is 0 Å². The van der Waals surface area contributed by atoms with E-state index >= 15 is 0 Å². The molecule has 1 aliphatic rings. The lowest BCUT2D eigenvalue weighted by molar-refractivity contribution is 0.414. The van der Waals surface area contributed by atoms with Gasteiger partial charge in [-0.1, -0.05) is 46.6 Å². The minimum Gasteiger partial charge on any atom is -0.309 e. The molecule has 0 aliphatic heterocycles. The van der Waals surface area contributed by atoms with Crippen molar-refractivity contribution < 1.29 is 4.39 Å². The highest BCUT2D eigenvalue weighted by Gasteiger charge is 2.26. The first-order valence-corrected chi connectivity index (χ1v) is 8.21. The highest BCUT2D eigenvalue weighted by atomic mass is 79.9. The van der Waals surface area contributed by atoms with Gasteiger partial charge in [0, 0.05) is 10.0 Å². The Morgan fingerprint density at radius 2 is 1.90 bits per heavy atom. The Hall–Kier alpha value is -1.19. The topological polar surface area (TPSA) is 12.0 Å². The van der Waals surface area contributed by atoms with Crippen LogP contribution in [0.25, 0.3) is 0 Å². The minimum absolute atomic E-state index is 0.112. The molecule has 1 unspecified atom stereocenters. The van der Waals surface area contributed by atoms with Gasteiger partial charge in [0.1, 0.15) is 5.82 Å². The van der Waals surface area contributed by atoms with Crippen LogP contribution >= 0.6 is 15.9 Å². The average Bonchev–Trinajstić information content (AvgIpc) is 2.43. The maximum Gasteiger partial charge on any atom is 0.128 e. The van der Waals surface area contributed by atoms with E-state index in [0.717, 1.165) is 4.47 Å². The number of hydrogen-bond donors (Lipinski definition) is 1. The molecule has 3 heteroatoms. The first kappa shape index (κ1) is 14.7. The molecule has 110 valence electrons. The van der Waals surface area contributed by atoms with Crippen molar-refractivity contribution in [3.05, 3.63) is 69.4 Å². The van der Waals surface area contributed by atoms with E-state index in [9.17, 15) is 4.39 Å². The third-order valence-corrected chi connectivity index (χ3v) is 4.90. The smallest absolute Gasteiger partial charge is 0.128 e. The number of rotatable bonds is 4. The Morgan fingerprint density at radius 3 is 2.57 bits per heavy atom. The minimum atomic E-state index is -0.166. The molecule has 1 saturated carbocycles. The molecular weight excluding hydrogens is 329 g/mol. The van der Waals surface area contributed by atoms with Gasteiger partial charge in [-0.2, -0.15) is 0 Å². The fourth-order valence-electron chi connectivity index (χ4n) is 3.08. The van der Waals surface area contributed by atoms with Gasteiger partial charge in [0.25, 0.3) is 0 Å². The average molecular weight is 348 g/mol. The summed E-state index contributed by atoms with van der Waals surface area (Å²) in [6.07, 6.45) is 3.79. The Bertz CT molecular complexity index is 637. The van der Waals surface area contributed by atoms with Gasteiger partial charge >= 0.3 is 0 Å². The van der Waals surface area contributed by atoms with E-state index in [-0.39, 0.29) is 11.9 Å². The molecule has 0 aromatic heterocycles. The van der Waals surface area contributed by atoms with Crippen molar-refractivity contribution in [1.29, 1.82) is 0 Å². The molecule has 1 nitrogen and oxygen atoms in total. The predicted octanol–water partition coefficient (Wildman–Crippen LogP) is 5.16. The summed E-state index contributed by atoms with van der Waals surface area (Å²) >= 11 is 3.44. The highest BCUT2D eigenvalue weighted by molar-refractivity contribution is 9.10. The van der Waals surface area contributed by atoms with Crippen molar-refractivity contribution in [3.8, 4) is 0 Å². The van der Waals surface area contributed by atoms with Crippen LogP contribution in [0.3, 0.4) is 0 Å². The van der Waals surface area contributed by atoms with Crippen LogP contribution < -0.4 is 5.32 Å². The fraction of sp³-hybridized carbons (Fsp3) is 0.333. The van der Waals surface area contributed by atoms with E-state index < -0.39 is 0 Å². The molecule has 2 aromatic carbocycles. The molecular formula is C18H19BrFN. The molecule has 21 heavy (non-hydrogen) atoms. The molecule has 0 radical (unpaired) electrons. The zero-order valence-electron chi connectivity index (χ0n) is 12.1. The lowest BCUT2D eigenvalue weighted by Crippen LogP contribution is -2.22. The largest absolute Gasteiger partial charge is 0.309 e. The van der Waals surface area contributed by atoms with Crippen LogP contribution in [0.2, 0.25) is 0 Å². The van der Waals surface area contributed by atoms with Gasteiger partial charge in [0.15, 0.2) is 0 Å². The Labute approximate surface area is 133 Å². The molecule has 1 atom stereocenters. The van der Waals surface area contributed by atoms with E-state index in [1.165, 1.54) is 36.5 Å². The maximum atomic E-state index is 14.3. The lowest BCUT2D eigenvalue weighted by Gasteiger charge is -2.30. The highest BCUT2D eigenvalue weighted by Crippen LogP contribution is 2.41. The Balaban J connectivity index is 2.06. The van der Waals surface area contributed by atoms with Crippen LogP contribution in [-0.2, 0) is 0 Å². The number of benzene rings is 2. The van der Waals surface area contributed by atoms with Crippen LogP contribution in [0.1, 0.15) is 47.9 Å². The quantitative estimate of drug-likeness (QED) is 0.804.